The van der Waals surface area contributed by atoms with Crippen LogP contribution >= 0.6 is 34.9 Å². The van der Waals surface area contributed by atoms with Gasteiger partial charge in [0.2, 0.25) is 11.8 Å². The van der Waals surface area contributed by atoms with Gasteiger partial charge in [-0.25, -0.2) is 0 Å². The summed E-state index contributed by atoms with van der Waals surface area (Å²) < 4.78 is 1.68. The molecular weight excluding hydrogens is 352 g/mol. The Morgan fingerprint density at radius 2 is 1.91 bits per heavy atom. The number of aromatic nitrogens is 2. The van der Waals surface area contributed by atoms with E-state index in [1.165, 1.54) is 23.1 Å². The monoisotopic (exact) mass is 368 g/mol. The predicted molar refractivity (Wildman–Crippen MR) is 95.2 cm³/mol. The zero-order valence-electron chi connectivity index (χ0n) is 12.6. The van der Waals surface area contributed by atoms with E-state index in [4.69, 9.17) is 5.73 Å². The molecule has 9 heteroatoms. The number of anilines is 1. The van der Waals surface area contributed by atoms with E-state index in [1.54, 1.807) is 36.0 Å². The van der Waals surface area contributed by atoms with E-state index in [0.29, 0.717) is 11.3 Å². The summed E-state index contributed by atoms with van der Waals surface area (Å²) in [5.74, 6) is 0.307. The van der Waals surface area contributed by atoms with Crippen LogP contribution in [0.3, 0.4) is 0 Å². The van der Waals surface area contributed by atoms with Gasteiger partial charge in [0.05, 0.1) is 5.25 Å². The molecule has 2 rings (SSSR count). The average Bonchev–Trinajstić information content (AvgIpc) is 2.95. The van der Waals surface area contributed by atoms with Crippen LogP contribution in [0.15, 0.2) is 32.9 Å². The van der Waals surface area contributed by atoms with Crippen molar-refractivity contribution in [3.05, 3.63) is 29.8 Å². The number of nitrogens with two attached hydrogens (primary N) is 1. The van der Waals surface area contributed by atoms with Gasteiger partial charge < -0.3 is 11.1 Å². The van der Waals surface area contributed by atoms with Crippen LogP contribution in [-0.2, 0) is 4.79 Å². The third kappa shape index (κ3) is 5.22. The molecule has 1 unspecified atom stereocenters. The molecule has 0 aliphatic heterocycles. The molecule has 1 atom stereocenters. The maximum atomic E-state index is 12.2. The Labute approximate surface area is 146 Å². The van der Waals surface area contributed by atoms with E-state index in [-0.39, 0.29) is 11.2 Å². The molecule has 0 saturated heterocycles. The highest BCUT2D eigenvalue weighted by Gasteiger charge is 2.17. The average molecular weight is 369 g/mol. The summed E-state index contributed by atoms with van der Waals surface area (Å²) in [6.45, 7) is 3.87. The minimum Gasteiger partial charge on any atom is -0.366 e. The molecule has 0 fully saturated rings. The Kier molecular flexibility index (Phi) is 6.43. The molecule has 1 aromatic heterocycles. The van der Waals surface area contributed by atoms with E-state index in [1.807, 2.05) is 6.92 Å². The third-order valence-electron chi connectivity index (χ3n) is 2.74. The highest BCUT2D eigenvalue weighted by atomic mass is 32.2. The van der Waals surface area contributed by atoms with Crippen molar-refractivity contribution in [3.63, 3.8) is 0 Å². The minimum atomic E-state index is -0.496. The Morgan fingerprint density at radius 1 is 1.26 bits per heavy atom. The van der Waals surface area contributed by atoms with Gasteiger partial charge in [-0.05, 0) is 36.9 Å². The van der Waals surface area contributed by atoms with Crippen molar-refractivity contribution >= 4 is 52.4 Å². The number of carbonyl (C=O) groups excluding carboxylic acids is 2. The van der Waals surface area contributed by atoms with Crippen LogP contribution in [0.5, 0.6) is 0 Å². The number of carbonyl (C=O) groups is 2. The normalized spacial score (nSPS) is 11.9. The molecule has 0 radical (unpaired) electrons. The van der Waals surface area contributed by atoms with E-state index in [9.17, 15) is 9.59 Å². The second-order valence-electron chi connectivity index (χ2n) is 4.46. The number of rotatable bonds is 7. The first-order chi connectivity index (χ1) is 11.0. The molecule has 3 N–H and O–H groups in total. The van der Waals surface area contributed by atoms with Crippen LogP contribution in [0.2, 0.25) is 0 Å². The molecule has 0 spiro atoms. The van der Waals surface area contributed by atoms with Gasteiger partial charge in [0.25, 0.3) is 0 Å². The summed E-state index contributed by atoms with van der Waals surface area (Å²) in [7, 11) is 0. The van der Waals surface area contributed by atoms with Gasteiger partial charge in [-0.3, -0.25) is 9.59 Å². The Morgan fingerprint density at radius 3 is 2.52 bits per heavy atom. The summed E-state index contributed by atoms with van der Waals surface area (Å²) in [6, 6.07) is 6.45. The first-order valence-corrected chi connectivity index (χ1v) is 9.51. The molecule has 122 valence electrons. The fourth-order valence-corrected chi connectivity index (χ4v) is 4.65. The summed E-state index contributed by atoms with van der Waals surface area (Å²) in [6.07, 6.45) is 0. The number of nitrogens with one attached hydrogen (secondary N) is 1. The molecule has 23 heavy (non-hydrogen) atoms. The molecule has 0 aliphatic rings. The number of amides is 2. The number of nitrogens with zero attached hydrogens (tertiary/aromatic N) is 2. The molecule has 2 amide bonds. The van der Waals surface area contributed by atoms with Crippen LogP contribution in [0.25, 0.3) is 0 Å². The molecule has 1 aromatic carbocycles. The number of thioether (sulfide) groups is 2. The van der Waals surface area contributed by atoms with Crippen molar-refractivity contribution in [2.24, 2.45) is 5.73 Å². The lowest BCUT2D eigenvalue weighted by atomic mass is 10.2. The maximum absolute atomic E-state index is 12.2. The van der Waals surface area contributed by atoms with Gasteiger partial charge in [-0.2, -0.15) is 0 Å². The molecule has 2 aromatic rings. The topological polar surface area (TPSA) is 98.0 Å². The van der Waals surface area contributed by atoms with Crippen LogP contribution in [0, 0.1) is 0 Å². The lowest BCUT2D eigenvalue weighted by molar-refractivity contribution is -0.115. The Balaban J connectivity index is 1.92. The van der Waals surface area contributed by atoms with Crippen molar-refractivity contribution in [3.8, 4) is 0 Å². The molecule has 0 aliphatic carbocycles. The number of hydrogen-bond donors (Lipinski definition) is 2. The van der Waals surface area contributed by atoms with Crippen molar-refractivity contribution in [2.45, 2.75) is 27.8 Å². The van der Waals surface area contributed by atoms with Crippen LogP contribution in [0.4, 0.5) is 5.69 Å². The van der Waals surface area contributed by atoms with Crippen molar-refractivity contribution in [1.29, 1.82) is 0 Å². The zero-order chi connectivity index (χ0) is 16.8. The zero-order valence-corrected chi connectivity index (χ0v) is 15.1. The second kappa shape index (κ2) is 8.32. The number of hydrogen-bond acceptors (Lipinski definition) is 7. The standard InChI is InChI=1S/C14H16N4O2S3/c1-3-21-13-17-18-14(23-13)22-8(2)12(20)16-10-6-4-9(5-7-10)11(15)19/h4-8H,3H2,1-2H3,(H2,15,19)(H,16,20). The third-order valence-corrected chi connectivity index (χ3v) is 5.86. The second-order valence-corrected chi connectivity index (χ2v) is 8.53. The molecule has 1 heterocycles. The first-order valence-electron chi connectivity index (χ1n) is 6.83. The van der Waals surface area contributed by atoms with Gasteiger partial charge in [0, 0.05) is 11.3 Å². The number of primary amides is 1. The van der Waals surface area contributed by atoms with Crippen LogP contribution in [-0.4, -0.2) is 33.0 Å². The molecular formula is C14H16N4O2S3. The number of benzene rings is 1. The van der Waals surface area contributed by atoms with Crippen LogP contribution in [0.1, 0.15) is 24.2 Å². The Hall–Kier alpha value is -1.58. The Bertz CT molecular complexity index is 688. The van der Waals surface area contributed by atoms with E-state index < -0.39 is 5.91 Å². The smallest absolute Gasteiger partial charge is 0.248 e. The quantitative estimate of drug-likeness (QED) is 0.729. The lowest BCUT2D eigenvalue weighted by Crippen LogP contribution is -2.22. The summed E-state index contributed by atoms with van der Waals surface area (Å²) >= 11 is 4.49. The largest absolute Gasteiger partial charge is 0.366 e. The molecule has 0 bridgehead atoms. The van der Waals surface area contributed by atoms with Crippen molar-refractivity contribution in [2.75, 3.05) is 11.1 Å². The fraction of sp³-hybridized carbons (Fsp3) is 0.286. The van der Waals surface area contributed by atoms with E-state index in [0.717, 1.165) is 14.4 Å². The van der Waals surface area contributed by atoms with Crippen LogP contribution < -0.4 is 11.1 Å². The van der Waals surface area contributed by atoms with Gasteiger partial charge in [0.15, 0.2) is 8.68 Å². The van der Waals surface area contributed by atoms with Gasteiger partial charge in [0.1, 0.15) is 0 Å². The molecule has 0 saturated carbocycles. The summed E-state index contributed by atoms with van der Waals surface area (Å²) in [4.78, 5) is 23.2. The lowest BCUT2D eigenvalue weighted by Gasteiger charge is -2.10. The van der Waals surface area contributed by atoms with Gasteiger partial charge in [-0.15, -0.1) is 10.2 Å². The van der Waals surface area contributed by atoms with Crippen molar-refractivity contribution < 1.29 is 9.59 Å². The minimum absolute atomic E-state index is 0.137. The molecule has 6 nitrogen and oxygen atoms in total. The highest BCUT2D eigenvalue weighted by Crippen LogP contribution is 2.31. The summed E-state index contributed by atoms with van der Waals surface area (Å²) in [5.41, 5.74) is 6.20. The predicted octanol–water partition coefficient (Wildman–Crippen LogP) is 2.87. The van der Waals surface area contributed by atoms with Gasteiger partial charge >= 0.3 is 0 Å². The highest BCUT2D eigenvalue weighted by molar-refractivity contribution is 8.03. The van der Waals surface area contributed by atoms with Gasteiger partial charge in [-0.1, -0.05) is 41.8 Å². The first kappa shape index (κ1) is 17.8. The van der Waals surface area contributed by atoms with Crippen molar-refractivity contribution in [1.82, 2.24) is 10.2 Å². The van der Waals surface area contributed by atoms with E-state index >= 15 is 0 Å². The van der Waals surface area contributed by atoms with E-state index in [2.05, 4.69) is 22.4 Å². The summed E-state index contributed by atoms with van der Waals surface area (Å²) in [5, 5.41) is 10.6. The fourth-order valence-electron chi connectivity index (χ4n) is 1.59. The SMILES string of the molecule is CCSc1nnc(SC(C)C(=O)Nc2ccc(C(N)=O)cc2)s1. The maximum Gasteiger partial charge on any atom is 0.248 e.